The Hall–Kier alpha value is -1.67. The van der Waals surface area contributed by atoms with E-state index in [1.54, 1.807) is 0 Å². The third kappa shape index (κ3) is 5.31. The minimum Gasteiger partial charge on any atom is -0.391 e. The van der Waals surface area contributed by atoms with E-state index in [1.807, 2.05) is 0 Å². The molecule has 0 spiro atoms. The zero-order valence-electron chi connectivity index (χ0n) is 11.2. The van der Waals surface area contributed by atoms with Crippen LogP contribution in [-0.2, 0) is 10.9 Å². The van der Waals surface area contributed by atoms with Crippen molar-refractivity contribution >= 4 is 5.91 Å². The molecular weight excluding hydrogens is 294 g/mol. The molecule has 1 atom stereocenters. The fraction of sp³-hybridized carbons (Fsp3) is 0.462. The summed E-state index contributed by atoms with van der Waals surface area (Å²) in [5.74, 6) is -2.21. The SMILES string of the molecule is COCC(O)CCNC(=O)c1ccc(F)c(C(F)(F)F)c1. The van der Waals surface area contributed by atoms with Crippen molar-refractivity contribution in [3.8, 4) is 0 Å². The lowest BCUT2D eigenvalue weighted by Gasteiger charge is -2.12. The van der Waals surface area contributed by atoms with Gasteiger partial charge in [-0.2, -0.15) is 13.2 Å². The number of carbonyl (C=O) groups excluding carboxylic acids is 1. The van der Waals surface area contributed by atoms with E-state index in [0.717, 1.165) is 6.07 Å². The maximum absolute atomic E-state index is 13.1. The van der Waals surface area contributed by atoms with Crippen LogP contribution in [0.4, 0.5) is 17.6 Å². The summed E-state index contributed by atoms with van der Waals surface area (Å²) in [6.45, 7) is 0.146. The van der Waals surface area contributed by atoms with Gasteiger partial charge in [0.1, 0.15) is 5.82 Å². The van der Waals surface area contributed by atoms with Crippen molar-refractivity contribution in [2.75, 3.05) is 20.3 Å². The standard InChI is InChI=1S/C13H15F4NO3/c1-21-7-9(19)4-5-18-12(20)8-2-3-11(14)10(6-8)13(15,16)17/h2-3,6,9,19H,4-5,7H2,1H3,(H,18,20). The quantitative estimate of drug-likeness (QED) is 0.790. The van der Waals surface area contributed by atoms with Gasteiger partial charge in [0, 0.05) is 19.2 Å². The maximum Gasteiger partial charge on any atom is 0.419 e. The number of amides is 1. The summed E-state index contributed by atoms with van der Waals surface area (Å²) in [5.41, 5.74) is -1.79. The number of aliphatic hydroxyl groups excluding tert-OH is 1. The number of nitrogens with one attached hydrogen (secondary N) is 1. The van der Waals surface area contributed by atoms with E-state index in [-0.39, 0.29) is 25.1 Å². The molecule has 0 aliphatic carbocycles. The topological polar surface area (TPSA) is 58.6 Å². The molecule has 8 heteroatoms. The Labute approximate surface area is 118 Å². The number of ether oxygens (including phenoxy) is 1. The molecule has 0 radical (unpaired) electrons. The molecule has 1 rings (SSSR count). The van der Waals surface area contributed by atoms with Crippen molar-refractivity contribution in [2.24, 2.45) is 0 Å². The highest BCUT2D eigenvalue weighted by molar-refractivity contribution is 5.94. The first-order valence-electron chi connectivity index (χ1n) is 6.07. The van der Waals surface area contributed by atoms with Crippen LogP contribution in [0.2, 0.25) is 0 Å². The number of alkyl halides is 3. The average molecular weight is 309 g/mol. The highest BCUT2D eigenvalue weighted by atomic mass is 19.4. The summed E-state index contributed by atoms with van der Waals surface area (Å²) < 4.78 is 55.3. The van der Waals surface area contributed by atoms with Crippen LogP contribution < -0.4 is 5.32 Å². The molecule has 0 aliphatic rings. The molecule has 21 heavy (non-hydrogen) atoms. The highest BCUT2D eigenvalue weighted by Crippen LogP contribution is 2.31. The fourth-order valence-corrected chi connectivity index (χ4v) is 1.61. The Morgan fingerprint density at radius 2 is 2.10 bits per heavy atom. The second kappa shape index (κ2) is 7.37. The van der Waals surface area contributed by atoms with E-state index in [1.165, 1.54) is 7.11 Å². The zero-order chi connectivity index (χ0) is 16.0. The van der Waals surface area contributed by atoms with Crippen molar-refractivity contribution < 1.29 is 32.2 Å². The van der Waals surface area contributed by atoms with E-state index in [9.17, 15) is 27.5 Å². The van der Waals surface area contributed by atoms with Crippen molar-refractivity contribution in [3.05, 3.63) is 35.1 Å². The van der Waals surface area contributed by atoms with Gasteiger partial charge in [0.25, 0.3) is 5.91 Å². The second-order valence-corrected chi connectivity index (χ2v) is 4.35. The van der Waals surface area contributed by atoms with Gasteiger partial charge in [0.15, 0.2) is 0 Å². The largest absolute Gasteiger partial charge is 0.419 e. The second-order valence-electron chi connectivity index (χ2n) is 4.35. The molecule has 1 amide bonds. The van der Waals surface area contributed by atoms with Gasteiger partial charge in [0.05, 0.1) is 18.3 Å². The molecule has 118 valence electrons. The van der Waals surface area contributed by atoms with Gasteiger partial charge in [-0.05, 0) is 24.6 Å². The van der Waals surface area contributed by atoms with Gasteiger partial charge in [-0.1, -0.05) is 0 Å². The van der Waals surface area contributed by atoms with E-state index >= 15 is 0 Å². The van der Waals surface area contributed by atoms with Crippen LogP contribution in [0.25, 0.3) is 0 Å². The lowest BCUT2D eigenvalue weighted by atomic mass is 10.1. The van der Waals surface area contributed by atoms with Crippen LogP contribution in [0.5, 0.6) is 0 Å². The third-order valence-electron chi connectivity index (χ3n) is 2.66. The van der Waals surface area contributed by atoms with Crippen LogP contribution >= 0.6 is 0 Å². The smallest absolute Gasteiger partial charge is 0.391 e. The molecule has 0 saturated carbocycles. The van der Waals surface area contributed by atoms with Crippen LogP contribution in [0.3, 0.4) is 0 Å². The molecule has 0 bridgehead atoms. The first-order chi connectivity index (χ1) is 9.75. The molecular formula is C13H15F4NO3. The van der Waals surface area contributed by atoms with Crippen LogP contribution in [-0.4, -0.2) is 37.4 Å². The van der Waals surface area contributed by atoms with E-state index in [0.29, 0.717) is 12.1 Å². The van der Waals surface area contributed by atoms with Crippen LogP contribution in [0.15, 0.2) is 18.2 Å². The van der Waals surface area contributed by atoms with Crippen LogP contribution in [0, 0.1) is 5.82 Å². The summed E-state index contributed by atoms with van der Waals surface area (Å²) in [6.07, 6.45) is -5.46. The van der Waals surface area contributed by atoms with Crippen molar-refractivity contribution in [3.63, 3.8) is 0 Å². The van der Waals surface area contributed by atoms with Gasteiger partial charge >= 0.3 is 6.18 Å². The molecule has 1 aromatic rings. The Bertz CT molecular complexity index is 491. The summed E-state index contributed by atoms with van der Waals surface area (Å²) in [7, 11) is 1.40. The lowest BCUT2D eigenvalue weighted by Crippen LogP contribution is -2.28. The van der Waals surface area contributed by atoms with Crippen LogP contribution in [0.1, 0.15) is 22.3 Å². The number of halogens is 4. The normalized spacial score (nSPS) is 13.0. The Morgan fingerprint density at radius 3 is 2.67 bits per heavy atom. The van der Waals surface area contributed by atoms with Gasteiger partial charge < -0.3 is 15.2 Å². The zero-order valence-corrected chi connectivity index (χ0v) is 11.2. The number of rotatable bonds is 6. The minimum absolute atomic E-state index is 0.0576. The highest BCUT2D eigenvalue weighted by Gasteiger charge is 2.34. The first-order valence-corrected chi connectivity index (χ1v) is 6.07. The van der Waals surface area contributed by atoms with E-state index < -0.39 is 29.6 Å². The Balaban J connectivity index is 2.67. The van der Waals surface area contributed by atoms with E-state index in [4.69, 9.17) is 0 Å². The summed E-state index contributed by atoms with van der Waals surface area (Å²) in [4.78, 5) is 11.7. The number of hydrogen-bond acceptors (Lipinski definition) is 3. The molecule has 0 fully saturated rings. The monoisotopic (exact) mass is 309 g/mol. The number of carbonyl (C=O) groups is 1. The predicted octanol–water partition coefficient (Wildman–Crippen LogP) is 1.97. The molecule has 0 aromatic heterocycles. The minimum atomic E-state index is -4.87. The molecule has 4 nitrogen and oxygen atoms in total. The Kier molecular flexibility index (Phi) is 6.10. The molecule has 0 aliphatic heterocycles. The predicted molar refractivity (Wildman–Crippen MR) is 66.2 cm³/mol. The Morgan fingerprint density at radius 1 is 1.43 bits per heavy atom. The molecule has 2 N–H and O–H groups in total. The first kappa shape index (κ1) is 17.4. The molecule has 1 unspecified atom stereocenters. The van der Waals surface area contributed by atoms with Crippen molar-refractivity contribution in [1.29, 1.82) is 0 Å². The summed E-state index contributed by atoms with van der Waals surface area (Å²) in [5, 5.41) is 11.7. The lowest BCUT2D eigenvalue weighted by molar-refractivity contribution is -0.140. The fourth-order valence-electron chi connectivity index (χ4n) is 1.61. The molecule has 0 saturated heterocycles. The maximum atomic E-state index is 13.1. The number of benzene rings is 1. The molecule has 1 aromatic carbocycles. The summed E-state index contributed by atoms with van der Waals surface area (Å²) in [6, 6.07) is 2.01. The number of hydrogen-bond donors (Lipinski definition) is 2. The third-order valence-corrected chi connectivity index (χ3v) is 2.66. The number of aliphatic hydroxyl groups is 1. The van der Waals surface area contributed by atoms with Crippen molar-refractivity contribution in [2.45, 2.75) is 18.7 Å². The van der Waals surface area contributed by atoms with Crippen molar-refractivity contribution in [1.82, 2.24) is 5.32 Å². The van der Waals surface area contributed by atoms with Gasteiger partial charge in [-0.15, -0.1) is 0 Å². The average Bonchev–Trinajstić information content (AvgIpc) is 2.38. The van der Waals surface area contributed by atoms with E-state index in [2.05, 4.69) is 10.1 Å². The number of methoxy groups -OCH3 is 1. The molecule has 0 heterocycles. The van der Waals surface area contributed by atoms with Gasteiger partial charge in [0.2, 0.25) is 0 Å². The summed E-state index contributed by atoms with van der Waals surface area (Å²) >= 11 is 0. The van der Waals surface area contributed by atoms with Gasteiger partial charge in [-0.3, -0.25) is 4.79 Å². The van der Waals surface area contributed by atoms with Gasteiger partial charge in [-0.25, -0.2) is 4.39 Å².